The molecule has 6 rings (SSSR count). The number of benzene rings is 3. The number of halogens is 1. The minimum absolute atomic E-state index is 0.113. The van der Waals surface area contributed by atoms with Crippen molar-refractivity contribution >= 4 is 28.3 Å². The number of fused-ring (bicyclic) bond motifs is 2. The van der Waals surface area contributed by atoms with Gasteiger partial charge in [-0.2, -0.15) is 0 Å². The Morgan fingerprint density at radius 3 is 2.29 bits per heavy atom. The first-order valence-electron chi connectivity index (χ1n) is 11.6. The van der Waals surface area contributed by atoms with Gasteiger partial charge in [0.15, 0.2) is 5.78 Å². The number of aromatic nitrogens is 2. The molecule has 0 atom stereocenters. The molecule has 0 fully saturated rings. The normalized spacial score (nSPS) is 15.0. The molecule has 4 heteroatoms. The van der Waals surface area contributed by atoms with E-state index in [0.29, 0.717) is 11.4 Å². The molecule has 0 radical (unpaired) electrons. The molecule has 34 heavy (non-hydrogen) atoms. The predicted octanol–water partition coefficient (Wildman–Crippen LogP) is 8.10. The van der Waals surface area contributed by atoms with Crippen molar-refractivity contribution in [3.05, 3.63) is 101 Å². The Morgan fingerprint density at radius 1 is 0.853 bits per heavy atom. The zero-order valence-corrected chi connectivity index (χ0v) is 20.0. The van der Waals surface area contributed by atoms with Crippen LogP contribution in [0.2, 0.25) is 5.02 Å². The van der Waals surface area contributed by atoms with E-state index in [4.69, 9.17) is 11.6 Å². The Labute approximate surface area is 204 Å². The Balaban J connectivity index is 1.76. The summed E-state index contributed by atoms with van der Waals surface area (Å²) >= 11 is 6.25. The van der Waals surface area contributed by atoms with Crippen LogP contribution in [0.25, 0.3) is 39.1 Å². The number of aromatic amines is 1. The van der Waals surface area contributed by atoms with E-state index in [9.17, 15) is 4.79 Å². The number of Topliss-reactive ketones (excluding diaryl/α,β-unsaturated/α-hetero) is 1. The number of carbonyl (C=O) groups is 1. The lowest BCUT2D eigenvalue weighted by Gasteiger charge is -2.30. The second-order valence-corrected chi connectivity index (χ2v) is 10.4. The summed E-state index contributed by atoms with van der Waals surface area (Å²) in [5.74, 6) is 0.199. The molecule has 0 spiro atoms. The van der Waals surface area contributed by atoms with E-state index >= 15 is 0 Å². The van der Waals surface area contributed by atoms with E-state index in [-0.39, 0.29) is 11.2 Å². The van der Waals surface area contributed by atoms with E-state index < -0.39 is 0 Å². The number of ketones is 1. The van der Waals surface area contributed by atoms with Crippen LogP contribution < -0.4 is 0 Å². The van der Waals surface area contributed by atoms with Gasteiger partial charge in [-0.3, -0.25) is 4.79 Å². The van der Waals surface area contributed by atoms with Crippen LogP contribution in [0.4, 0.5) is 0 Å². The summed E-state index contributed by atoms with van der Waals surface area (Å²) < 4.78 is 2.28. The van der Waals surface area contributed by atoms with Gasteiger partial charge in [0.25, 0.3) is 0 Å². The van der Waals surface area contributed by atoms with Gasteiger partial charge < -0.3 is 9.55 Å². The summed E-state index contributed by atoms with van der Waals surface area (Å²) in [6.45, 7) is 4.36. The lowest BCUT2D eigenvalue weighted by molar-refractivity contribution is 0.0911. The Morgan fingerprint density at radius 2 is 1.56 bits per heavy atom. The second kappa shape index (κ2) is 7.75. The number of carbonyl (C=O) groups excluding carboxylic acids is 1. The fourth-order valence-corrected chi connectivity index (χ4v) is 5.47. The fraction of sp³-hybridized carbons (Fsp3) is 0.167. The van der Waals surface area contributed by atoms with Crippen molar-refractivity contribution in [2.45, 2.75) is 26.7 Å². The van der Waals surface area contributed by atoms with Gasteiger partial charge in [-0.15, -0.1) is 0 Å². The van der Waals surface area contributed by atoms with Crippen molar-refractivity contribution in [1.82, 2.24) is 9.55 Å². The molecular formula is C30H25ClN2O. The van der Waals surface area contributed by atoms with Crippen molar-refractivity contribution in [3.63, 3.8) is 0 Å². The topological polar surface area (TPSA) is 37.8 Å². The molecule has 0 unspecified atom stereocenters. The van der Waals surface area contributed by atoms with E-state index in [2.05, 4.69) is 53.7 Å². The third kappa shape index (κ3) is 3.39. The molecule has 2 aromatic heterocycles. The predicted molar refractivity (Wildman–Crippen MR) is 140 cm³/mol. The standard InChI is InChI=1S/C30H25ClN2O/c1-30(2)17-25-28(26(34)18-30)27(24-16-20-10-6-7-11-23(20)32-24)29(19-8-4-3-5-9-19)33(25)22-14-12-21(31)13-15-22/h3-16,32H,17-18H2,1-2H3. The molecule has 0 saturated carbocycles. The maximum absolute atomic E-state index is 13.7. The molecule has 1 aliphatic carbocycles. The van der Waals surface area contributed by atoms with Gasteiger partial charge >= 0.3 is 0 Å². The average molecular weight is 465 g/mol. The maximum atomic E-state index is 13.7. The van der Waals surface area contributed by atoms with Crippen molar-refractivity contribution in [1.29, 1.82) is 0 Å². The highest BCUT2D eigenvalue weighted by Crippen LogP contribution is 2.47. The van der Waals surface area contributed by atoms with Gasteiger partial charge in [0.05, 0.1) is 5.69 Å². The minimum atomic E-state index is -0.113. The molecular weight excluding hydrogens is 440 g/mol. The van der Waals surface area contributed by atoms with Crippen molar-refractivity contribution in [3.8, 4) is 28.2 Å². The van der Waals surface area contributed by atoms with Crippen molar-refractivity contribution in [2.75, 3.05) is 0 Å². The lowest BCUT2D eigenvalue weighted by Crippen LogP contribution is -2.28. The average Bonchev–Trinajstić information content (AvgIpc) is 3.38. The number of rotatable bonds is 3. The summed E-state index contributed by atoms with van der Waals surface area (Å²) in [4.78, 5) is 17.3. The first-order valence-corrected chi connectivity index (χ1v) is 12.0. The van der Waals surface area contributed by atoms with Gasteiger partial charge in [-0.1, -0.05) is 74.0 Å². The van der Waals surface area contributed by atoms with Gasteiger partial charge in [0.1, 0.15) is 0 Å². The van der Waals surface area contributed by atoms with E-state index in [1.807, 2.05) is 54.6 Å². The minimum Gasteiger partial charge on any atom is -0.354 e. The van der Waals surface area contributed by atoms with Crippen LogP contribution in [0.1, 0.15) is 36.3 Å². The highest BCUT2D eigenvalue weighted by atomic mass is 35.5. The first-order chi connectivity index (χ1) is 16.4. The highest BCUT2D eigenvalue weighted by molar-refractivity contribution is 6.30. The molecule has 0 aliphatic heterocycles. The van der Waals surface area contributed by atoms with Crippen LogP contribution in [-0.4, -0.2) is 15.3 Å². The molecule has 168 valence electrons. The van der Waals surface area contributed by atoms with E-state index in [1.54, 1.807) is 0 Å². The number of para-hydroxylation sites is 1. The SMILES string of the molecule is CC1(C)CC(=O)c2c(-c3cc4ccccc4[nH]3)c(-c3ccccc3)n(-c3ccc(Cl)cc3)c2C1. The van der Waals surface area contributed by atoms with Crippen LogP contribution in [-0.2, 0) is 6.42 Å². The lowest BCUT2D eigenvalue weighted by atomic mass is 9.75. The number of hydrogen-bond donors (Lipinski definition) is 1. The van der Waals surface area contributed by atoms with Crippen LogP contribution >= 0.6 is 11.6 Å². The number of hydrogen-bond acceptors (Lipinski definition) is 1. The zero-order valence-electron chi connectivity index (χ0n) is 19.2. The maximum Gasteiger partial charge on any atom is 0.165 e. The summed E-state index contributed by atoms with van der Waals surface area (Å²) in [5.41, 5.74) is 7.91. The quantitative estimate of drug-likeness (QED) is 0.287. The largest absolute Gasteiger partial charge is 0.354 e. The Hall–Kier alpha value is -3.56. The van der Waals surface area contributed by atoms with Gasteiger partial charge in [0.2, 0.25) is 0 Å². The molecule has 1 N–H and O–H groups in total. The molecule has 5 aromatic rings. The van der Waals surface area contributed by atoms with Crippen LogP contribution in [0.15, 0.2) is 84.9 Å². The number of nitrogens with zero attached hydrogens (tertiary/aromatic N) is 1. The third-order valence-electron chi connectivity index (χ3n) is 6.76. The van der Waals surface area contributed by atoms with E-state index in [0.717, 1.165) is 56.8 Å². The first kappa shape index (κ1) is 21.0. The molecule has 0 amide bonds. The summed E-state index contributed by atoms with van der Waals surface area (Å²) in [5, 5.41) is 1.83. The zero-order chi connectivity index (χ0) is 23.4. The molecule has 3 aromatic carbocycles. The number of H-pyrrole nitrogens is 1. The third-order valence-corrected chi connectivity index (χ3v) is 7.02. The Kier molecular flexibility index (Phi) is 4.79. The molecule has 2 heterocycles. The van der Waals surface area contributed by atoms with Gasteiger partial charge in [-0.25, -0.2) is 0 Å². The van der Waals surface area contributed by atoms with Crippen LogP contribution in [0.3, 0.4) is 0 Å². The number of nitrogens with one attached hydrogen (secondary N) is 1. The molecule has 1 aliphatic rings. The van der Waals surface area contributed by atoms with E-state index in [1.165, 1.54) is 0 Å². The highest BCUT2D eigenvalue weighted by Gasteiger charge is 2.38. The Bertz CT molecular complexity index is 1510. The second-order valence-electron chi connectivity index (χ2n) is 9.93. The van der Waals surface area contributed by atoms with Crippen LogP contribution in [0, 0.1) is 5.41 Å². The molecule has 0 bridgehead atoms. The van der Waals surface area contributed by atoms with Crippen molar-refractivity contribution in [2.24, 2.45) is 5.41 Å². The monoisotopic (exact) mass is 464 g/mol. The summed E-state index contributed by atoms with van der Waals surface area (Å²) in [6, 6.07) is 28.7. The summed E-state index contributed by atoms with van der Waals surface area (Å²) in [7, 11) is 0. The summed E-state index contributed by atoms with van der Waals surface area (Å²) in [6.07, 6.45) is 1.35. The van der Waals surface area contributed by atoms with Gasteiger partial charge in [-0.05, 0) is 53.8 Å². The molecule has 3 nitrogen and oxygen atoms in total. The van der Waals surface area contributed by atoms with Crippen molar-refractivity contribution < 1.29 is 4.79 Å². The smallest absolute Gasteiger partial charge is 0.165 e. The fourth-order valence-electron chi connectivity index (χ4n) is 5.34. The van der Waals surface area contributed by atoms with Gasteiger partial charge in [0, 0.05) is 50.5 Å². The van der Waals surface area contributed by atoms with Crippen LogP contribution in [0.5, 0.6) is 0 Å². The molecule has 0 saturated heterocycles.